The van der Waals surface area contributed by atoms with E-state index in [-0.39, 0.29) is 23.6 Å². The van der Waals surface area contributed by atoms with Crippen LogP contribution in [-0.4, -0.2) is 60.1 Å². The molecule has 0 N–H and O–H groups in total. The Morgan fingerprint density at radius 1 is 0.974 bits per heavy atom. The molecule has 2 aliphatic rings. The van der Waals surface area contributed by atoms with Crippen LogP contribution in [0.4, 0.5) is 10.5 Å². The van der Waals surface area contributed by atoms with Crippen LogP contribution < -0.4 is 9.64 Å². The third kappa shape index (κ3) is 5.56. The largest absolute Gasteiger partial charge is 0.497 e. The highest BCUT2D eigenvalue weighted by Crippen LogP contribution is 2.34. The lowest BCUT2D eigenvalue weighted by Gasteiger charge is -2.36. The molecule has 194 valence electrons. The van der Waals surface area contributed by atoms with Gasteiger partial charge in [0, 0.05) is 48.5 Å². The molecule has 2 heterocycles. The average molecular weight is 548 g/mol. The van der Waals surface area contributed by atoms with Gasteiger partial charge in [0.25, 0.3) is 17.1 Å². The van der Waals surface area contributed by atoms with E-state index in [0.29, 0.717) is 34.1 Å². The zero-order chi connectivity index (χ0) is 26.6. The Morgan fingerprint density at radius 3 is 2.42 bits per heavy atom. The quantitative estimate of drug-likeness (QED) is 0.377. The lowest BCUT2D eigenvalue weighted by molar-refractivity contribution is -0.123. The van der Waals surface area contributed by atoms with Crippen molar-refractivity contribution in [2.75, 3.05) is 38.2 Å². The van der Waals surface area contributed by atoms with Crippen LogP contribution in [0.2, 0.25) is 5.02 Å². The van der Waals surface area contributed by atoms with Crippen molar-refractivity contribution in [3.05, 3.63) is 99.4 Å². The summed E-state index contributed by atoms with van der Waals surface area (Å²) in [6, 6.07) is 22.2. The number of hydrogen-bond donors (Lipinski definition) is 0. The highest BCUT2D eigenvalue weighted by Gasteiger charge is 2.35. The first-order valence-corrected chi connectivity index (χ1v) is 13.4. The Bertz CT molecular complexity index is 1400. The van der Waals surface area contributed by atoms with Crippen LogP contribution in [0.25, 0.3) is 6.08 Å². The number of hydrogen-bond acceptors (Lipinski definition) is 6. The van der Waals surface area contributed by atoms with Gasteiger partial charge in [-0.05, 0) is 59.3 Å². The molecular weight excluding hydrogens is 522 g/mol. The van der Waals surface area contributed by atoms with E-state index in [9.17, 15) is 14.4 Å². The fourth-order valence-electron chi connectivity index (χ4n) is 4.46. The van der Waals surface area contributed by atoms with Crippen molar-refractivity contribution in [2.45, 2.75) is 6.54 Å². The molecule has 5 rings (SSSR count). The minimum Gasteiger partial charge on any atom is -0.497 e. The first kappa shape index (κ1) is 25.9. The molecule has 0 aromatic heterocycles. The molecule has 0 spiro atoms. The van der Waals surface area contributed by atoms with E-state index >= 15 is 0 Å². The summed E-state index contributed by atoms with van der Waals surface area (Å²) in [5, 5.41) is 0.179. The topological polar surface area (TPSA) is 70.2 Å². The number of carbonyl (C=O) groups excluding carboxylic acids is 3. The Labute approximate surface area is 230 Å². The Morgan fingerprint density at radius 2 is 1.71 bits per heavy atom. The van der Waals surface area contributed by atoms with Gasteiger partial charge in [0.2, 0.25) is 0 Å². The molecule has 2 saturated heterocycles. The summed E-state index contributed by atoms with van der Waals surface area (Å²) in [7, 11) is 1.65. The minimum absolute atomic E-state index is 0.0260. The third-order valence-corrected chi connectivity index (χ3v) is 7.88. The van der Waals surface area contributed by atoms with Crippen molar-refractivity contribution in [1.82, 2.24) is 9.80 Å². The van der Waals surface area contributed by atoms with Crippen molar-refractivity contribution < 1.29 is 19.1 Å². The minimum atomic E-state index is -0.353. The monoisotopic (exact) mass is 547 g/mol. The van der Waals surface area contributed by atoms with Gasteiger partial charge in [0.15, 0.2) is 0 Å². The van der Waals surface area contributed by atoms with Crippen LogP contribution in [0.5, 0.6) is 5.75 Å². The number of rotatable bonds is 6. The van der Waals surface area contributed by atoms with Crippen LogP contribution in [0, 0.1) is 0 Å². The maximum atomic E-state index is 13.1. The van der Waals surface area contributed by atoms with Crippen molar-refractivity contribution in [3.63, 3.8) is 0 Å². The molecule has 0 aliphatic carbocycles. The first-order chi connectivity index (χ1) is 18.4. The van der Waals surface area contributed by atoms with E-state index in [1.165, 1.54) is 4.90 Å². The van der Waals surface area contributed by atoms with E-state index in [0.717, 1.165) is 41.9 Å². The molecule has 2 aliphatic heterocycles. The molecule has 0 atom stereocenters. The smallest absolute Gasteiger partial charge is 0.293 e. The number of halogens is 1. The number of imide groups is 1. The van der Waals surface area contributed by atoms with Crippen LogP contribution in [0.3, 0.4) is 0 Å². The van der Waals surface area contributed by atoms with E-state index in [1.54, 1.807) is 55.7 Å². The van der Waals surface area contributed by atoms with Gasteiger partial charge in [-0.3, -0.25) is 19.3 Å². The van der Waals surface area contributed by atoms with E-state index in [4.69, 9.17) is 16.3 Å². The molecule has 3 amide bonds. The van der Waals surface area contributed by atoms with Gasteiger partial charge < -0.3 is 14.5 Å². The number of anilines is 1. The second kappa shape index (κ2) is 11.3. The Kier molecular flexibility index (Phi) is 7.72. The maximum absolute atomic E-state index is 13.1. The second-order valence-corrected chi connectivity index (χ2v) is 10.4. The van der Waals surface area contributed by atoms with Gasteiger partial charge in [0.1, 0.15) is 5.75 Å². The van der Waals surface area contributed by atoms with Crippen molar-refractivity contribution >= 4 is 52.2 Å². The maximum Gasteiger partial charge on any atom is 0.293 e. The normalized spacial score (nSPS) is 16.9. The number of piperazine rings is 1. The van der Waals surface area contributed by atoms with Crippen LogP contribution >= 0.6 is 23.4 Å². The van der Waals surface area contributed by atoms with Crippen LogP contribution in [0.15, 0.2) is 77.7 Å². The van der Waals surface area contributed by atoms with E-state index in [1.807, 2.05) is 35.2 Å². The molecule has 7 nitrogen and oxygen atoms in total. The molecular formula is C29H26ClN3O4S. The average Bonchev–Trinajstić information content (AvgIpc) is 3.21. The summed E-state index contributed by atoms with van der Waals surface area (Å²) < 4.78 is 5.32. The molecule has 0 bridgehead atoms. The highest BCUT2D eigenvalue weighted by molar-refractivity contribution is 8.18. The fraction of sp³-hybridized carbons (Fsp3) is 0.207. The molecule has 38 heavy (non-hydrogen) atoms. The molecule has 0 saturated carbocycles. The summed E-state index contributed by atoms with van der Waals surface area (Å²) in [5.74, 6) is 0.433. The van der Waals surface area contributed by atoms with Gasteiger partial charge in [-0.2, -0.15) is 0 Å². The van der Waals surface area contributed by atoms with Gasteiger partial charge in [-0.1, -0.05) is 48.0 Å². The van der Waals surface area contributed by atoms with Crippen LogP contribution in [-0.2, 0) is 11.3 Å². The summed E-state index contributed by atoms with van der Waals surface area (Å²) >= 11 is 7.10. The fourth-order valence-corrected chi connectivity index (χ4v) is 5.50. The molecule has 9 heteroatoms. The van der Waals surface area contributed by atoms with Gasteiger partial charge in [-0.25, -0.2) is 0 Å². The van der Waals surface area contributed by atoms with Crippen molar-refractivity contribution in [1.29, 1.82) is 0 Å². The standard InChI is InChI=1S/C29H26ClN3O4S/c1-37-24-7-4-6-23(18-24)31-13-15-32(16-14-31)27(34)21-11-9-20(10-12-21)17-26-28(35)33(29(36)38-26)19-22-5-2-3-8-25(22)30/h2-12,17-18H,13-16,19H2,1H3/b26-17-. The highest BCUT2D eigenvalue weighted by atomic mass is 35.5. The number of amides is 3. The number of methoxy groups -OCH3 is 1. The molecule has 0 unspecified atom stereocenters. The summed E-state index contributed by atoms with van der Waals surface area (Å²) in [6.45, 7) is 2.84. The Hall–Kier alpha value is -3.75. The Balaban J connectivity index is 1.20. The predicted octanol–water partition coefficient (Wildman–Crippen LogP) is 5.55. The number of thioether (sulfide) groups is 1. The zero-order valence-corrected chi connectivity index (χ0v) is 22.4. The summed E-state index contributed by atoms with van der Waals surface area (Å²) in [4.78, 5) is 44.1. The number of benzene rings is 3. The molecule has 3 aromatic carbocycles. The third-order valence-electron chi connectivity index (χ3n) is 6.60. The zero-order valence-electron chi connectivity index (χ0n) is 20.8. The second-order valence-electron chi connectivity index (χ2n) is 8.96. The van der Waals surface area contributed by atoms with Gasteiger partial charge in [0.05, 0.1) is 18.6 Å². The first-order valence-electron chi connectivity index (χ1n) is 12.2. The van der Waals surface area contributed by atoms with Crippen LogP contribution in [0.1, 0.15) is 21.5 Å². The number of carbonyl (C=O) groups is 3. The van der Waals surface area contributed by atoms with Crippen molar-refractivity contribution in [3.8, 4) is 5.75 Å². The van der Waals surface area contributed by atoms with E-state index in [2.05, 4.69) is 4.90 Å². The van der Waals surface area contributed by atoms with Gasteiger partial charge >= 0.3 is 0 Å². The summed E-state index contributed by atoms with van der Waals surface area (Å²) in [5.41, 5.74) is 3.12. The van der Waals surface area contributed by atoms with Gasteiger partial charge in [-0.15, -0.1) is 0 Å². The predicted molar refractivity (Wildman–Crippen MR) is 151 cm³/mol. The van der Waals surface area contributed by atoms with E-state index < -0.39 is 0 Å². The molecule has 2 fully saturated rings. The molecule has 0 radical (unpaired) electrons. The number of nitrogens with zero attached hydrogens (tertiary/aromatic N) is 3. The lowest BCUT2D eigenvalue weighted by Crippen LogP contribution is -2.48. The number of ether oxygens (including phenoxy) is 1. The SMILES string of the molecule is COc1cccc(N2CCN(C(=O)c3ccc(/C=C4\SC(=O)N(Cc5ccccc5Cl)C4=O)cc3)CC2)c1. The summed E-state index contributed by atoms with van der Waals surface area (Å²) in [6.07, 6.45) is 1.68. The molecule has 3 aromatic rings. The van der Waals surface area contributed by atoms with Crippen molar-refractivity contribution in [2.24, 2.45) is 0 Å². The lowest BCUT2D eigenvalue weighted by atomic mass is 10.1.